The maximum Gasteiger partial charge on any atom is 0.490 e. The molecule has 0 bridgehead atoms. The number of amides is 1. The molecule has 0 aliphatic carbocycles. The zero-order chi connectivity index (χ0) is 24.8. The molecule has 166 valence electrons. The SMILES string of the molecule is C=CCN(CC=C)C(=O)C(F)(F)F.C=CCNCC=C.O=C(O)C(F)(F)F.[2H]C#C. The normalized spacial score (nSPS) is 9.76. The fraction of sp³-hybridized carbons (Fsp3) is 0.333. The minimum absolute atomic E-state index is 0.135. The van der Waals surface area contributed by atoms with Gasteiger partial charge in [0.05, 0.1) is 0 Å². The van der Waals surface area contributed by atoms with Crippen molar-refractivity contribution in [3.63, 3.8) is 0 Å². The lowest BCUT2D eigenvalue weighted by molar-refractivity contribution is -0.192. The van der Waals surface area contributed by atoms with E-state index in [4.69, 9.17) is 11.3 Å². The number of carboxylic acids is 1. The number of terminal acetylenes is 1. The van der Waals surface area contributed by atoms with Crippen LogP contribution in [0.25, 0.3) is 0 Å². The maximum atomic E-state index is 11.9. The van der Waals surface area contributed by atoms with Gasteiger partial charge in [0.25, 0.3) is 0 Å². The molecule has 0 heterocycles. The molecular formula is C18H24F6N2O3. The van der Waals surface area contributed by atoms with E-state index in [1.54, 1.807) is 0 Å². The van der Waals surface area contributed by atoms with E-state index in [2.05, 4.69) is 38.1 Å². The highest BCUT2D eigenvalue weighted by Gasteiger charge is 2.41. The number of carboxylic acid groups (broad SMARTS) is 1. The Morgan fingerprint density at radius 1 is 0.931 bits per heavy atom. The third-order valence-electron chi connectivity index (χ3n) is 2.05. The topological polar surface area (TPSA) is 69.6 Å². The fourth-order valence-electron chi connectivity index (χ4n) is 1.02. The zero-order valence-electron chi connectivity index (χ0n) is 16.5. The second kappa shape index (κ2) is 19.8. The number of nitrogens with zero attached hydrogens (tertiary/aromatic N) is 1. The van der Waals surface area contributed by atoms with Crippen molar-refractivity contribution >= 4 is 11.9 Å². The molecule has 0 aliphatic rings. The number of hydrogen-bond acceptors (Lipinski definition) is 3. The van der Waals surface area contributed by atoms with Crippen LogP contribution in [0.5, 0.6) is 0 Å². The van der Waals surface area contributed by atoms with Gasteiger partial charge in [-0.2, -0.15) is 26.3 Å². The summed E-state index contributed by atoms with van der Waals surface area (Å²) in [6.45, 7) is 15.0. The fourth-order valence-corrected chi connectivity index (χ4v) is 1.02. The molecule has 5 nitrogen and oxygen atoms in total. The second-order valence-corrected chi connectivity index (χ2v) is 4.32. The Balaban J connectivity index is -0.000000169. The van der Waals surface area contributed by atoms with Crippen molar-refractivity contribution in [1.29, 1.82) is 0 Å². The highest BCUT2D eigenvalue weighted by molar-refractivity contribution is 5.82. The Kier molecular flexibility index (Phi) is 20.9. The van der Waals surface area contributed by atoms with E-state index in [9.17, 15) is 31.1 Å². The van der Waals surface area contributed by atoms with Crippen LogP contribution in [0.3, 0.4) is 0 Å². The predicted octanol–water partition coefficient (Wildman–Crippen LogP) is 3.58. The van der Waals surface area contributed by atoms with E-state index in [0.29, 0.717) is 4.90 Å². The molecule has 0 fully saturated rings. The first-order valence-electron chi connectivity index (χ1n) is 7.88. The van der Waals surface area contributed by atoms with Crippen LogP contribution in [0.15, 0.2) is 50.6 Å². The molecule has 1 amide bonds. The van der Waals surface area contributed by atoms with Crippen LogP contribution in [0.4, 0.5) is 26.3 Å². The number of hydrogen-bond donors (Lipinski definition) is 2. The molecule has 0 atom stereocenters. The van der Waals surface area contributed by atoms with Gasteiger partial charge in [0.2, 0.25) is 0 Å². The number of nitrogens with one attached hydrogen (secondary N) is 1. The lowest BCUT2D eigenvalue weighted by atomic mass is 10.4. The van der Waals surface area contributed by atoms with Crippen molar-refractivity contribution in [3.05, 3.63) is 50.6 Å². The quantitative estimate of drug-likeness (QED) is 0.267. The third kappa shape index (κ3) is 25.0. The van der Waals surface area contributed by atoms with Gasteiger partial charge in [-0.3, -0.25) is 4.79 Å². The van der Waals surface area contributed by atoms with Gasteiger partial charge in [-0.1, -0.05) is 24.3 Å². The Hall–Kier alpha value is -3.00. The minimum atomic E-state index is -5.08. The van der Waals surface area contributed by atoms with E-state index < -0.39 is 24.2 Å². The Bertz CT molecular complexity index is 552. The van der Waals surface area contributed by atoms with E-state index >= 15 is 0 Å². The van der Waals surface area contributed by atoms with Gasteiger partial charge < -0.3 is 15.3 Å². The lowest BCUT2D eigenvalue weighted by Gasteiger charge is -2.20. The first-order valence-corrected chi connectivity index (χ1v) is 7.38. The summed E-state index contributed by atoms with van der Waals surface area (Å²) in [5, 5.41) is 10.2. The van der Waals surface area contributed by atoms with Gasteiger partial charge in [-0.05, 0) is 0 Å². The summed E-state index contributed by atoms with van der Waals surface area (Å²) < 4.78 is 73.1. The molecule has 0 aromatic heterocycles. The third-order valence-corrected chi connectivity index (χ3v) is 2.05. The first-order chi connectivity index (χ1) is 13.7. The molecule has 0 aromatic rings. The Labute approximate surface area is 167 Å². The molecule has 0 saturated heterocycles. The van der Waals surface area contributed by atoms with E-state index in [1.807, 2.05) is 12.2 Å². The summed E-state index contributed by atoms with van der Waals surface area (Å²) in [4.78, 5) is 20.2. The summed E-state index contributed by atoms with van der Waals surface area (Å²) in [5.41, 5.74) is 0. The number of alkyl halides is 6. The average molecular weight is 431 g/mol. The van der Waals surface area contributed by atoms with E-state index in [-0.39, 0.29) is 13.1 Å². The minimum Gasteiger partial charge on any atom is -0.475 e. The standard InChI is InChI=1S/C8H10F3NO.C6H11N.C2HF3O2.C2H2/c1-3-5-12(6-4-2)7(13)8(9,10)11;1-3-5-7-6-4-2;3-2(4,5)1(6)7;1-2/h3-4H,1-2,5-6H2;3-4,7H,1-2,5-6H2;(H,6,7);1-2H/i;;;1D. The Morgan fingerprint density at radius 3 is 1.41 bits per heavy atom. The van der Waals surface area contributed by atoms with Gasteiger partial charge >= 0.3 is 24.2 Å². The summed E-state index contributed by atoms with van der Waals surface area (Å²) in [7, 11) is 0. The van der Waals surface area contributed by atoms with Gasteiger partial charge in [-0.15, -0.1) is 39.1 Å². The molecule has 0 aromatic carbocycles. The molecule has 0 saturated carbocycles. The largest absolute Gasteiger partial charge is 0.490 e. The molecule has 0 aliphatic heterocycles. The summed E-state index contributed by atoms with van der Waals surface area (Å²) in [6, 6.07) is 0. The van der Waals surface area contributed by atoms with Gasteiger partial charge in [0, 0.05) is 26.2 Å². The average Bonchev–Trinajstić information content (AvgIpc) is 2.61. The van der Waals surface area contributed by atoms with Crippen LogP contribution in [0.1, 0.15) is 1.37 Å². The van der Waals surface area contributed by atoms with Crippen molar-refractivity contribution in [3.8, 4) is 12.8 Å². The van der Waals surface area contributed by atoms with Crippen LogP contribution in [-0.2, 0) is 9.59 Å². The van der Waals surface area contributed by atoms with Crippen molar-refractivity contribution in [2.75, 3.05) is 26.2 Å². The van der Waals surface area contributed by atoms with Crippen molar-refractivity contribution in [2.45, 2.75) is 12.4 Å². The zero-order valence-corrected chi connectivity index (χ0v) is 15.5. The number of carbonyl (C=O) groups is 2. The first kappa shape index (κ1) is 30.7. The van der Waals surface area contributed by atoms with E-state index in [0.717, 1.165) is 13.1 Å². The molecule has 2 N–H and O–H groups in total. The number of rotatable bonds is 8. The van der Waals surface area contributed by atoms with Crippen LogP contribution in [0.2, 0.25) is 0 Å². The highest BCUT2D eigenvalue weighted by Crippen LogP contribution is 2.18. The maximum absolute atomic E-state index is 11.9. The molecule has 11 heteroatoms. The van der Waals surface area contributed by atoms with Gasteiger partial charge in [-0.25, -0.2) is 4.79 Å². The Morgan fingerprint density at radius 2 is 1.24 bits per heavy atom. The molecular weight excluding hydrogens is 406 g/mol. The van der Waals surface area contributed by atoms with Crippen LogP contribution >= 0.6 is 0 Å². The predicted molar refractivity (Wildman–Crippen MR) is 99.9 cm³/mol. The molecule has 0 rings (SSSR count). The lowest BCUT2D eigenvalue weighted by Crippen LogP contribution is -2.41. The number of carbonyl (C=O) groups excluding carboxylic acids is 1. The summed E-state index contributed by atoms with van der Waals surface area (Å²) in [6.07, 6.45) is 1.96. The van der Waals surface area contributed by atoms with Crippen LogP contribution in [0, 0.1) is 12.8 Å². The molecule has 0 unspecified atom stereocenters. The van der Waals surface area contributed by atoms with Gasteiger partial charge in [0.15, 0.2) is 0 Å². The van der Waals surface area contributed by atoms with Crippen LogP contribution in [-0.4, -0.2) is 60.4 Å². The molecule has 29 heavy (non-hydrogen) atoms. The highest BCUT2D eigenvalue weighted by atomic mass is 19.4. The van der Waals surface area contributed by atoms with Crippen molar-refractivity contribution in [2.24, 2.45) is 0 Å². The second-order valence-electron chi connectivity index (χ2n) is 4.32. The molecule has 0 radical (unpaired) electrons. The summed E-state index contributed by atoms with van der Waals surface area (Å²) >= 11 is 0. The van der Waals surface area contributed by atoms with Crippen molar-refractivity contribution < 1.29 is 42.4 Å². The number of aliphatic carboxylic acids is 1. The van der Waals surface area contributed by atoms with Crippen molar-refractivity contribution in [1.82, 2.24) is 10.2 Å². The number of halogens is 6. The monoisotopic (exact) mass is 431 g/mol. The van der Waals surface area contributed by atoms with E-state index in [1.165, 1.54) is 18.6 Å². The van der Waals surface area contributed by atoms with Crippen LogP contribution < -0.4 is 5.32 Å². The smallest absolute Gasteiger partial charge is 0.475 e. The summed E-state index contributed by atoms with van der Waals surface area (Å²) in [5.74, 6) is -4.63. The molecule has 0 spiro atoms. The van der Waals surface area contributed by atoms with Gasteiger partial charge in [0.1, 0.15) is 1.37 Å².